The molecule has 0 unspecified atom stereocenters. The Kier molecular flexibility index (Phi) is 5.44. The molecule has 1 aromatic carbocycles. The summed E-state index contributed by atoms with van der Waals surface area (Å²) in [6.07, 6.45) is 6.05. The van der Waals surface area contributed by atoms with Crippen molar-refractivity contribution in [2.75, 3.05) is 24.5 Å². The van der Waals surface area contributed by atoms with Crippen molar-refractivity contribution in [1.29, 1.82) is 0 Å². The number of anilines is 1. The van der Waals surface area contributed by atoms with E-state index >= 15 is 0 Å². The molecule has 1 saturated heterocycles. The largest absolute Gasteiger partial charge is 0.337 e. The topological polar surface area (TPSA) is 58.3 Å². The van der Waals surface area contributed by atoms with Gasteiger partial charge in [-0.15, -0.1) is 0 Å². The van der Waals surface area contributed by atoms with Gasteiger partial charge in [-0.2, -0.15) is 4.98 Å². The fourth-order valence-electron chi connectivity index (χ4n) is 3.70. The van der Waals surface area contributed by atoms with Gasteiger partial charge in [-0.25, -0.2) is 0 Å². The monoisotopic (exact) mass is 363 g/mol. The first kappa shape index (κ1) is 17.7. The molecular formula is C21H25N5O. The number of aromatic nitrogens is 3. The second-order valence-corrected chi connectivity index (χ2v) is 6.93. The summed E-state index contributed by atoms with van der Waals surface area (Å²) in [4.78, 5) is 13.5. The molecule has 0 spiro atoms. The maximum absolute atomic E-state index is 5.50. The van der Waals surface area contributed by atoms with Crippen LogP contribution in [0.2, 0.25) is 0 Å². The Bertz CT molecular complexity index is 836. The SMILES string of the molecule is CCN(Cc1ccncc1)[C@H]1CCCN(c2noc(-c3ccccc3)n2)C1. The van der Waals surface area contributed by atoms with Gasteiger partial charge in [0.25, 0.3) is 11.8 Å². The Balaban J connectivity index is 1.45. The molecule has 0 N–H and O–H groups in total. The van der Waals surface area contributed by atoms with E-state index in [1.165, 1.54) is 12.0 Å². The quantitative estimate of drug-likeness (QED) is 0.667. The second kappa shape index (κ2) is 8.31. The van der Waals surface area contributed by atoms with Crippen molar-refractivity contribution in [3.63, 3.8) is 0 Å². The van der Waals surface area contributed by atoms with Crippen molar-refractivity contribution >= 4 is 5.95 Å². The Morgan fingerprint density at radius 1 is 1.15 bits per heavy atom. The van der Waals surface area contributed by atoms with Gasteiger partial charge in [0.2, 0.25) is 0 Å². The maximum Gasteiger partial charge on any atom is 0.266 e. The smallest absolute Gasteiger partial charge is 0.266 e. The second-order valence-electron chi connectivity index (χ2n) is 6.93. The Hall–Kier alpha value is -2.73. The van der Waals surface area contributed by atoms with Gasteiger partial charge in [-0.05, 0) is 54.4 Å². The van der Waals surface area contributed by atoms with Crippen LogP contribution in [0.1, 0.15) is 25.3 Å². The third kappa shape index (κ3) is 4.17. The van der Waals surface area contributed by atoms with Gasteiger partial charge in [0.05, 0.1) is 0 Å². The average molecular weight is 363 g/mol. The zero-order valence-corrected chi connectivity index (χ0v) is 15.7. The molecule has 0 saturated carbocycles. The van der Waals surface area contributed by atoms with Crippen molar-refractivity contribution in [3.8, 4) is 11.5 Å². The molecule has 27 heavy (non-hydrogen) atoms. The lowest BCUT2D eigenvalue weighted by molar-refractivity contribution is 0.175. The first-order valence-corrected chi connectivity index (χ1v) is 9.60. The zero-order chi connectivity index (χ0) is 18.5. The Morgan fingerprint density at radius 2 is 1.96 bits per heavy atom. The highest BCUT2D eigenvalue weighted by molar-refractivity contribution is 5.54. The van der Waals surface area contributed by atoms with Gasteiger partial charge in [0, 0.05) is 43.6 Å². The molecule has 0 bridgehead atoms. The lowest BCUT2D eigenvalue weighted by atomic mass is 10.0. The number of nitrogens with zero attached hydrogens (tertiary/aromatic N) is 5. The first-order valence-electron chi connectivity index (χ1n) is 9.60. The van der Waals surface area contributed by atoms with Crippen LogP contribution < -0.4 is 4.90 Å². The Labute approximate surface area is 159 Å². The molecule has 2 aromatic heterocycles. The van der Waals surface area contributed by atoms with E-state index in [4.69, 9.17) is 4.52 Å². The van der Waals surface area contributed by atoms with E-state index in [1.54, 1.807) is 0 Å². The highest BCUT2D eigenvalue weighted by Gasteiger charge is 2.27. The average Bonchev–Trinajstić information content (AvgIpc) is 3.24. The molecule has 1 fully saturated rings. The fourth-order valence-corrected chi connectivity index (χ4v) is 3.70. The van der Waals surface area contributed by atoms with Gasteiger partial charge in [-0.3, -0.25) is 9.88 Å². The molecule has 3 heterocycles. The van der Waals surface area contributed by atoms with E-state index in [2.05, 4.69) is 44.0 Å². The summed E-state index contributed by atoms with van der Waals surface area (Å²) >= 11 is 0. The van der Waals surface area contributed by atoms with E-state index in [0.29, 0.717) is 17.9 Å². The van der Waals surface area contributed by atoms with E-state index in [-0.39, 0.29) is 0 Å². The number of hydrogen-bond donors (Lipinski definition) is 0. The summed E-state index contributed by atoms with van der Waals surface area (Å²) in [6.45, 7) is 6.08. The molecule has 0 radical (unpaired) electrons. The highest BCUT2D eigenvalue weighted by atomic mass is 16.5. The van der Waals surface area contributed by atoms with Gasteiger partial charge < -0.3 is 9.42 Å². The van der Waals surface area contributed by atoms with Crippen molar-refractivity contribution in [2.24, 2.45) is 0 Å². The van der Waals surface area contributed by atoms with Crippen molar-refractivity contribution in [2.45, 2.75) is 32.4 Å². The molecule has 6 nitrogen and oxygen atoms in total. The van der Waals surface area contributed by atoms with Crippen LogP contribution >= 0.6 is 0 Å². The van der Waals surface area contributed by atoms with E-state index in [1.807, 2.05) is 42.7 Å². The van der Waals surface area contributed by atoms with E-state index in [0.717, 1.165) is 38.2 Å². The van der Waals surface area contributed by atoms with Crippen LogP contribution in [0.5, 0.6) is 0 Å². The fraction of sp³-hybridized carbons (Fsp3) is 0.381. The number of benzene rings is 1. The lowest BCUT2D eigenvalue weighted by Crippen LogP contribution is -2.48. The van der Waals surface area contributed by atoms with Crippen LogP contribution in [-0.2, 0) is 6.54 Å². The number of rotatable bonds is 6. The summed E-state index contributed by atoms with van der Waals surface area (Å²) in [5.74, 6) is 1.27. The van der Waals surface area contributed by atoms with Crippen LogP contribution in [0.15, 0.2) is 59.4 Å². The molecule has 4 rings (SSSR count). The third-order valence-corrected chi connectivity index (χ3v) is 5.17. The Morgan fingerprint density at radius 3 is 2.74 bits per heavy atom. The first-order chi connectivity index (χ1) is 13.3. The molecule has 1 aliphatic heterocycles. The van der Waals surface area contributed by atoms with Crippen LogP contribution in [0, 0.1) is 0 Å². The number of hydrogen-bond acceptors (Lipinski definition) is 6. The van der Waals surface area contributed by atoms with Crippen molar-refractivity contribution < 1.29 is 4.52 Å². The minimum atomic E-state index is 0.482. The molecule has 1 atom stereocenters. The van der Waals surface area contributed by atoms with E-state index < -0.39 is 0 Å². The standard InChI is InChI=1S/C21H25N5O/c1-2-25(15-17-10-12-22-13-11-17)19-9-6-14-26(16-19)21-23-20(27-24-21)18-7-4-3-5-8-18/h3-5,7-8,10-13,19H,2,6,9,14-16H2,1H3/t19-/m0/s1. The number of pyridine rings is 1. The minimum Gasteiger partial charge on any atom is -0.337 e. The van der Waals surface area contributed by atoms with Gasteiger partial charge in [0.1, 0.15) is 0 Å². The number of piperidine rings is 1. The summed E-state index contributed by atoms with van der Waals surface area (Å²) in [7, 11) is 0. The van der Waals surface area contributed by atoms with Gasteiger partial charge in [-0.1, -0.05) is 25.1 Å². The van der Waals surface area contributed by atoms with Crippen LogP contribution in [0.3, 0.4) is 0 Å². The van der Waals surface area contributed by atoms with Crippen molar-refractivity contribution in [1.82, 2.24) is 20.0 Å². The summed E-state index contributed by atoms with van der Waals surface area (Å²) in [5.41, 5.74) is 2.26. The van der Waals surface area contributed by atoms with Crippen LogP contribution in [0.4, 0.5) is 5.95 Å². The minimum absolute atomic E-state index is 0.482. The lowest BCUT2D eigenvalue weighted by Gasteiger charge is -2.38. The highest BCUT2D eigenvalue weighted by Crippen LogP contribution is 2.24. The summed E-state index contributed by atoms with van der Waals surface area (Å²) in [6, 6.07) is 14.6. The summed E-state index contributed by atoms with van der Waals surface area (Å²) < 4.78 is 5.50. The normalized spacial score (nSPS) is 17.4. The molecule has 6 heteroatoms. The van der Waals surface area contributed by atoms with Crippen LogP contribution in [-0.4, -0.2) is 45.7 Å². The van der Waals surface area contributed by atoms with E-state index in [9.17, 15) is 0 Å². The third-order valence-electron chi connectivity index (χ3n) is 5.17. The van der Waals surface area contributed by atoms with Gasteiger partial charge in [0.15, 0.2) is 0 Å². The predicted molar refractivity (Wildman–Crippen MR) is 105 cm³/mol. The van der Waals surface area contributed by atoms with Gasteiger partial charge >= 0.3 is 0 Å². The molecular weight excluding hydrogens is 338 g/mol. The molecule has 3 aromatic rings. The zero-order valence-electron chi connectivity index (χ0n) is 15.7. The summed E-state index contributed by atoms with van der Waals surface area (Å²) in [5, 5.41) is 4.23. The predicted octanol–water partition coefficient (Wildman–Crippen LogP) is 3.62. The molecule has 0 aliphatic carbocycles. The number of likely N-dealkylation sites (N-methyl/N-ethyl adjacent to an activating group) is 1. The molecule has 1 aliphatic rings. The van der Waals surface area contributed by atoms with Crippen molar-refractivity contribution in [3.05, 3.63) is 60.4 Å². The molecule has 140 valence electrons. The maximum atomic E-state index is 5.50. The van der Waals surface area contributed by atoms with Crippen LogP contribution in [0.25, 0.3) is 11.5 Å². The molecule has 0 amide bonds.